The minimum absolute atomic E-state index is 0.743. The summed E-state index contributed by atoms with van der Waals surface area (Å²) in [5.74, 6) is 1.73. The van der Waals surface area contributed by atoms with E-state index in [0.29, 0.717) is 0 Å². The highest BCUT2D eigenvalue weighted by Crippen LogP contribution is 2.26. The van der Waals surface area contributed by atoms with Gasteiger partial charge in [0, 0.05) is 12.6 Å². The molecule has 1 aromatic rings. The molecule has 0 atom stereocenters. The van der Waals surface area contributed by atoms with Gasteiger partial charge in [0.25, 0.3) is 0 Å². The van der Waals surface area contributed by atoms with Crippen LogP contribution in [-0.4, -0.2) is 6.04 Å². The van der Waals surface area contributed by atoms with Crippen LogP contribution in [0.4, 0.5) is 0 Å². The van der Waals surface area contributed by atoms with Crippen molar-refractivity contribution in [3.05, 3.63) is 35.4 Å². The van der Waals surface area contributed by atoms with Crippen LogP contribution in [-0.2, 0) is 13.0 Å². The van der Waals surface area contributed by atoms with Crippen LogP contribution in [0.5, 0.6) is 0 Å². The molecule has 1 aliphatic rings. The van der Waals surface area contributed by atoms with E-state index in [2.05, 4.69) is 50.4 Å². The van der Waals surface area contributed by atoms with Crippen molar-refractivity contribution in [1.29, 1.82) is 0 Å². The SMILES string of the molecule is CCC1CCC(NCc2ccc(CC(C)C)cc2)CC1. The van der Waals surface area contributed by atoms with Crippen LogP contribution in [0.3, 0.4) is 0 Å². The molecule has 0 bridgehead atoms. The molecule has 0 unspecified atom stereocenters. The summed E-state index contributed by atoms with van der Waals surface area (Å²) in [5.41, 5.74) is 2.89. The van der Waals surface area contributed by atoms with Gasteiger partial charge in [-0.2, -0.15) is 0 Å². The minimum atomic E-state index is 0.743. The Labute approximate surface area is 125 Å². The van der Waals surface area contributed by atoms with Crippen LogP contribution in [0.1, 0.15) is 64.0 Å². The molecule has 112 valence electrons. The molecule has 1 heteroatoms. The summed E-state index contributed by atoms with van der Waals surface area (Å²) >= 11 is 0. The zero-order valence-corrected chi connectivity index (χ0v) is 13.5. The molecule has 1 aromatic carbocycles. The van der Waals surface area contributed by atoms with E-state index in [-0.39, 0.29) is 0 Å². The van der Waals surface area contributed by atoms with Gasteiger partial charge in [-0.05, 0) is 55.1 Å². The fraction of sp³-hybridized carbons (Fsp3) is 0.684. The molecule has 1 N–H and O–H groups in total. The second kappa shape index (κ2) is 7.83. The quantitative estimate of drug-likeness (QED) is 0.774. The third-order valence-corrected chi connectivity index (χ3v) is 4.69. The number of rotatable bonds is 6. The molecule has 20 heavy (non-hydrogen) atoms. The number of hydrogen-bond acceptors (Lipinski definition) is 1. The largest absolute Gasteiger partial charge is 0.310 e. The van der Waals surface area contributed by atoms with Gasteiger partial charge in [-0.1, -0.05) is 51.5 Å². The molecular formula is C19H31N. The van der Waals surface area contributed by atoms with E-state index in [9.17, 15) is 0 Å². The molecule has 0 aliphatic heterocycles. The van der Waals surface area contributed by atoms with E-state index in [0.717, 1.165) is 24.4 Å². The van der Waals surface area contributed by atoms with Gasteiger partial charge in [0.2, 0.25) is 0 Å². The van der Waals surface area contributed by atoms with Gasteiger partial charge in [-0.15, -0.1) is 0 Å². The maximum atomic E-state index is 3.74. The fourth-order valence-electron chi connectivity index (χ4n) is 3.30. The van der Waals surface area contributed by atoms with Gasteiger partial charge < -0.3 is 5.32 Å². The molecule has 0 amide bonds. The predicted octanol–water partition coefficient (Wildman–Crippen LogP) is 4.94. The topological polar surface area (TPSA) is 12.0 Å². The van der Waals surface area contributed by atoms with Crippen molar-refractivity contribution in [2.24, 2.45) is 11.8 Å². The number of nitrogens with one attached hydrogen (secondary N) is 1. The Morgan fingerprint density at radius 1 is 1.00 bits per heavy atom. The first kappa shape index (κ1) is 15.6. The smallest absolute Gasteiger partial charge is 0.0208 e. The fourth-order valence-corrected chi connectivity index (χ4v) is 3.30. The van der Waals surface area contributed by atoms with Crippen molar-refractivity contribution in [3.8, 4) is 0 Å². The van der Waals surface area contributed by atoms with Gasteiger partial charge in [0.15, 0.2) is 0 Å². The average Bonchev–Trinajstić information content (AvgIpc) is 2.46. The summed E-state index contributed by atoms with van der Waals surface area (Å²) in [6, 6.07) is 9.92. The lowest BCUT2D eigenvalue weighted by Gasteiger charge is -2.28. The van der Waals surface area contributed by atoms with Gasteiger partial charge in [0.05, 0.1) is 0 Å². The van der Waals surface area contributed by atoms with Crippen molar-refractivity contribution in [3.63, 3.8) is 0 Å². The van der Waals surface area contributed by atoms with E-state index >= 15 is 0 Å². The molecule has 1 fully saturated rings. The second-order valence-corrected chi connectivity index (χ2v) is 6.92. The monoisotopic (exact) mass is 273 g/mol. The first-order chi connectivity index (χ1) is 9.67. The molecule has 2 rings (SSSR count). The zero-order valence-electron chi connectivity index (χ0n) is 13.5. The van der Waals surface area contributed by atoms with E-state index < -0.39 is 0 Å². The summed E-state index contributed by atoms with van der Waals surface area (Å²) < 4.78 is 0. The maximum absolute atomic E-state index is 3.74. The van der Waals surface area contributed by atoms with E-state index in [1.54, 1.807) is 0 Å². The third kappa shape index (κ3) is 4.94. The Balaban J connectivity index is 1.74. The Bertz CT molecular complexity index is 371. The van der Waals surface area contributed by atoms with Crippen LogP contribution in [0.25, 0.3) is 0 Å². The molecule has 0 aromatic heterocycles. The highest BCUT2D eigenvalue weighted by atomic mass is 14.9. The molecule has 0 heterocycles. The summed E-state index contributed by atoms with van der Waals surface area (Å²) in [6.07, 6.45) is 8.12. The molecular weight excluding hydrogens is 242 g/mol. The van der Waals surface area contributed by atoms with Crippen molar-refractivity contribution >= 4 is 0 Å². The second-order valence-electron chi connectivity index (χ2n) is 6.92. The Kier molecular flexibility index (Phi) is 6.09. The lowest BCUT2D eigenvalue weighted by Crippen LogP contribution is -2.32. The molecule has 0 saturated heterocycles. The van der Waals surface area contributed by atoms with Crippen molar-refractivity contribution in [2.75, 3.05) is 0 Å². The Morgan fingerprint density at radius 3 is 2.15 bits per heavy atom. The predicted molar refractivity (Wildman–Crippen MR) is 87.9 cm³/mol. The molecule has 1 aliphatic carbocycles. The summed E-state index contributed by atoms with van der Waals surface area (Å²) in [4.78, 5) is 0. The first-order valence-corrected chi connectivity index (χ1v) is 8.48. The van der Waals surface area contributed by atoms with Gasteiger partial charge in [-0.25, -0.2) is 0 Å². The van der Waals surface area contributed by atoms with E-state index in [1.165, 1.54) is 49.7 Å². The van der Waals surface area contributed by atoms with Crippen LogP contribution in [0, 0.1) is 11.8 Å². The Morgan fingerprint density at radius 2 is 1.60 bits per heavy atom. The highest BCUT2D eigenvalue weighted by molar-refractivity contribution is 5.22. The van der Waals surface area contributed by atoms with Gasteiger partial charge >= 0.3 is 0 Å². The minimum Gasteiger partial charge on any atom is -0.310 e. The van der Waals surface area contributed by atoms with Crippen molar-refractivity contribution in [1.82, 2.24) is 5.32 Å². The number of benzene rings is 1. The summed E-state index contributed by atoms with van der Waals surface area (Å²) in [6.45, 7) is 7.92. The molecule has 1 nitrogen and oxygen atoms in total. The zero-order chi connectivity index (χ0) is 14.4. The Hall–Kier alpha value is -0.820. The van der Waals surface area contributed by atoms with Crippen LogP contribution in [0.2, 0.25) is 0 Å². The molecule has 0 spiro atoms. The lowest BCUT2D eigenvalue weighted by atomic mass is 9.84. The van der Waals surface area contributed by atoms with Gasteiger partial charge in [-0.3, -0.25) is 0 Å². The third-order valence-electron chi connectivity index (χ3n) is 4.69. The molecule has 1 saturated carbocycles. The van der Waals surface area contributed by atoms with Crippen LogP contribution >= 0.6 is 0 Å². The normalized spacial score (nSPS) is 23.2. The van der Waals surface area contributed by atoms with E-state index in [1.807, 2.05) is 0 Å². The maximum Gasteiger partial charge on any atom is 0.0208 e. The van der Waals surface area contributed by atoms with Crippen molar-refractivity contribution < 1.29 is 0 Å². The standard InChI is InChI=1S/C19H31N/c1-4-16-9-11-19(12-10-16)20-14-18-7-5-17(6-8-18)13-15(2)3/h5-8,15-16,19-20H,4,9-14H2,1-3H3. The first-order valence-electron chi connectivity index (χ1n) is 8.48. The summed E-state index contributed by atoms with van der Waals surface area (Å²) in [7, 11) is 0. The number of hydrogen-bond donors (Lipinski definition) is 1. The lowest BCUT2D eigenvalue weighted by molar-refractivity contribution is 0.285. The highest BCUT2D eigenvalue weighted by Gasteiger charge is 2.19. The van der Waals surface area contributed by atoms with Crippen LogP contribution < -0.4 is 5.32 Å². The average molecular weight is 273 g/mol. The summed E-state index contributed by atoms with van der Waals surface area (Å²) in [5, 5.41) is 3.74. The van der Waals surface area contributed by atoms with Crippen LogP contribution in [0.15, 0.2) is 24.3 Å². The van der Waals surface area contributed by atoms with Crippen molar-refractivity contribution in [2.45, 2.75) is 71.9 Å². The van der Waals surface area contributed by atoms with Gasteiger partial charge in [0.1, 0.15) is 0 Å². The van der Waals surface area contributed by atoms with E-state index in [4.69, 9.17) is 0 Å². The molecule has 0 radical (unpaired) electrons.